The number of amides is 1. The van der Waals surface area contributed by atoms with Gasteiger partial charge in [0, 0.05) is 0 Å². The van der Waals surface area contributed by atoms with Crippen LogP contribution in [0.4, 0.5) is 5.69 Å². The van der Waals surface area contributed by atoms with Crippen molar-refractivity contribution in [2.75, 3.05) is 11.9 Å². The largest absolute Gasteiger partial charge is 0.494 e. The Morgan fingerprint density at radius 1 is 1.09 bits per heavy atom. The van der Waals surface area contributed by atoms with Crippen molar-refractivity contribution in [2.24, 2.45) is 0 Å². The number of anilines is 1. The first-order chi connectivity index (χ1) is 15.5. The lowest BCUT2D eigenvalue weighted by Crippen LogP contribution is -2.41. The number of benzene rings is 2. The summed E-state index contributed by atoms with van der Waals surface area (Å²) in [5.41, 5.74) is 0.688. The minimum absolute atomic E-state index is 0.0680. The standard InChI is InChI=1S/C23H20ClN3O4S/c1-2-31-16-7-5-6-15(12-16)13-27-22(29)21-19(10-11-32-21)26(23(27)30)14-20(28)25-18-9-4-3-8-17(18)24/h3-12H,2,13-14H2,1H3,(H,25,28). The molecule has 7 nitrogen and oxygen atoms in total. The Kier molecular flexibility index (Phi) is 6.43. The van der Waals surface area contributed by atoms with Gasteiger partial charge in [-0.2, -0.15) is 0 Å². The molecular formula is C23H20ClN3O4S. The first-order valence-corrected chi connectivity index (χ1v) is 11.2. The summed E-state index contributed by atoms with van der Waals surface area (Å²) in [5.74, 6) is 0.242. The van der Waals surface area contributed by atoms with Crippen molar-refractivity contribution >= 4 is 44.7 Å². The third-order valence-electron chi connectivity index (χ3n) is 4.84. The van der Waals surface area contributed by atoms with Crippen molar-refractivity contribution in [1.82, 2.24) is 9.13 Å². The molecule has 9 heteroatoms. The average Bonchev–Trinajstić information content (AvgIpc) is 3.26. The molecule has 0 atom stereocenters. The summed E-state index contributed by atoms with van der Waals surface area (Å²) in [6, 6.07) is 15.8. The lowest BCUT2D eigenvalue weighted by molar-refractivity contribution is -0.116. The van der Waals surface area contributed by atoms with Crippen LogP contribution < -0.4 is 21.3 Å². The number of fused-ring (bicyclic) bond motifs is 1. The molecule has 2 aromatic heterocycles. The van der Waals surface area contributed by atoms with Gasteiger partial charge in [-0.3, -0.25) is 18.7 Å². The molecule has 0 aliphatic carbocycles. The van der Waals surface area contributed by atoms with Crippen LogP contribution in [0.5, 0.6) is 5.75 Å². The van der Waals surface area contributed by atoms with Crippen LogP contribution >= 0.6 is 22.9 Å². The third kappa shape index (κ3) is 4.46. The van der Waals surface area contributed by atoms with E-state index >= 15 is 0 Å². The zero-order valence-electron chi connectivity index (χ0n) is 17.2. The molecule has 1 amide bonds. The van der Waals surface area contributed by atoms with E-state index in [1.54, 1.807) is 41.8 Å². The summed E-state index contributed by atoms with van der Waals surface area (Å²) in [6.07, 6.45) is 0. The number of nitrogens with zero attached hydrogens (tertiary/aromatic N) is 2. The summed E-state index contributed by atoms with van der Waals surface area (Å²) in [7, 11) is 0. The summed E-state index contributed by atoms with van der Waals surface area (Å²) in [4.78, 5) is 39.0. The summed E-state index contributed by atoms with van der Waals surface area (Å²) in [6.45, 7) is 2.21. The average molecular weight is 470 g/mol. The van der Waals surface area contributed by atoms with E-state index in [0.717, 1.165) is 10.1 Å². The van der Waals surface area contributed by atoms with Crippen molar-refractivity contribution in [3.8, 4) is 5.75 Å². The molecule has 1 N–H and O–H groups in total. The Labute approximate surface area is 192 Å². The van der Waals surface area contributed by atoms with E-state index in [1.807, 2.05) is 25.1 Å². The molecule has 2 aromatic carbocycles. The topological polar surface area (TPSA) is 82.3 Å². The monoisotopic (exact) mass is 469 g/mol. The number of thiophene rings is 1. The Morgan fingerprint density at radius 3 is 2.69 bits per heavy atom. The van der Waals surface area contributed by atoms with Gasteiger partial charge in [0.15, 0.2) is 0 Å². The molecule has 2 heterocycles. The molecular weight excluding hydrogens is 450 g/mol. The predicted molar refractivity (Wildman–Crippen MR) is 127 cm³/mol. The van der Waals surface area contributed by atoms with Gasteiger partial charge in [0.1, 0.15) is 17.0 Å². The minimum Gasteiger partial charge on any atom is -0.494 e. The first-order valence-electron chi connectivity index (χ1n) is 9.95. The van der Waals surface area contributed by atoms with E-state index < -0.39 is 11.6 Å². The number of hydrogen-bond acceptors (Lipinski definition) is 5. The molecule has 32 heavy (non-hydrogen) atoms. The van der Waals surface area contributed by atoms with E-state index in [2.05, 4.69) is 5.32 Å². The second-order valence-electron chi connectivity index (χ2n) is 7.00. The molecule has 0 unspecified atom stereocenters. The van der Waals surface area contributed by atoms with Crippen molar-refractivity contribution in [2.45, 2.75) is 20.0 Å². The number of hydrogen-bond donors (Lipinski definition) is 1. The molecule has 0 aliphatic rings. The third-order valence-corrected chi connectivity index (χ3v) is 6.06. The van der Waals surface area contributed by atoms with Gasteiger partial charge in [-0.25, -0.2) is 4.79 Å². The highest BCUT2D eigenvalue weighted by atomic mass is 35.5. The predicted octanol–water partition coefficient (Wildman–Crippen LogP) is 3.96. The van der Waals surface area contributed by atoms with E-state index in [1.165, 1.54) is 15.9 Å². The van der Waals surface area contributed by atoms with Crippen LogP contribution in [0.25, 0.3) is 10.2 Å². The summed E-state index contributed by atoms with van der Waals surface area (Å²) in [5, 5.41) is 4.84. The van der Waals surface area contributed by atoms with E-state index in [0.29, 0.717) is 33.3 Å². The maximum absolute atomic E-state index is 13.3. The van der Waals surface area contributed by atoms with Gasteiger partial charge < -0.3 is 10.1 Å². The fraction of sp³-hybridized carbons (Fsp3) is 0.174. The van der Waals surface area contributed by atoms with Gasteiger partial charge in [-0.15, -0.1) is 11.3 Å². The lowest BCUT2D eigenvalue weighted by Gasteiger charge is -2.13. The smallest absolute Gasteiger partial charge is 0.332 e. The van der Waals surface area contributed by atoms with Gasteiger partial charge in [0.2, 0.25) is 5.91 Å². The van der Waals surface area contributed by atoms with E-state index in [-0.39, 0.29) is 18.6 Å². The van der Waals surface area contributed by atoms with Gasteiger partial charge in [0.25, 0.3) is 5.56 Å². The van der Waals surface area contributed by atoms with Crippen LogP contribution in [-0.4, -0.2) is 21.6 Å². The SMILES string of the molecule is CCOc1cccc(Cn2c(=O)c3sccc3n(CC(=O)Nc3ccccc3Cl)c2=O)c1. The normalized spacial score (nSPS) is 10.9. The maximum atomic E-state index is 13.3. The minimum atomic E-state index is -0.558. The van der Waals surface area contributed by atoms with Crippen LogP contribution in [0.15, 0.2) is 69.6 Å². The Morgan fingerprint density at radius 2 is 1.91 bits per heavy atom. The van der Waals surface area contributed by atoms with Crippen LogP contribution in [0.2, 0.25) is 5.02 Å². The van der Waals surface area contributed by atoms with Gasteiger partial charge in [-0.1, -0.05) is 35.9 Å². The number of carbonyl (C=O) groups is 1. The lowest BCUT2D eigenvalue weighted by atomic mass is 10.2. The first kappa shape index (κ1) is 21.9. The molecule has 0 radical (unpaired) electrons. The van der Waals surface area contributed by atoms with E-state index in [4.69, 9.17) is 16.3 Å². The molecule has 0 saturated heterocycles. The zero-order chi connectivity index (χ0) is 22.7. The van der Waals surface area contributed by atoms with Gasteiger partial charge >= 0.3 is 5.69 Å². The quantitative estimate of drug-likeness (QED) is 0.444. The van der Waals surface area contributed by atoms with Crippen LogP contribution in [0.1, 0.15) is 12.5 Å². The molecule has 164 valence electrons. The number of ether oxygens (including phenoxy) is 1. The van der Waals surface area contributed by atoms with Crippen molar-refractivity contribution < 1.29 is 9.53 Å². The molecule has 0 saturated carbocycles. The molecule has 0 fully saturated rings. The molecule has 0 aliphatic heterocycles. The summed E-state index contributed by atoms with van der Waals surface area (Å²) < 4.78 is 8.38. The highest BCUT2D eigenvalue weighted by molar-refractivity contribution is 7.17. The maximum Gasteiger partial charge on any atom is 0.332 e. The molecule has 0 spiro atoms. The highest BCUT2D eigenvalue weighted by Gasteiger charge is 2.17. The number of halogens is 1. The van der Waals surface area contributed by atoms with E-state index in [9.17, 15) is 14.4 Å². The van der Waals surface area contributed by atoms with Crippen LogP contribution in [0.3, 0.4) is 0 Å². The van der Waals surface area contributed by atoms with Crippen molar-refractivity contribution in [3.05, 3.63) is 91.4 Å². The Balaban J connectivity index is 1.71. The Bertz CT molecular complexity index is 1410. The van der Waals surface area contributed by atoms with Crippen LogP contribution in [-0.2, 0) is 17.9 Å². The number of nitrogens with one attached hydrogen (secondary N) is 1. The van der Waals surface area contributed by atoms with Crippen LogP contribution in [0, 0.1) is 0 Å². The number of carbonyl (C=O) groups excluding carboxylic acids is 1. The van der Waals surface area contributed by atoms with Gasteiger partial charge in [-0.05, 0) is 48.2 Å². The Hall–Kier alpha value is -3.36. The zero-order valence-corrected chi connectivity index (χ0v) is 18.8. The molecule has 4 rings (SSSR count). The second-order valence-corrected chi connectivity index (χ2v) is 8.33. The fourth-order valence-corrected chi connectivity index (χ4v) is 4.43. The summed E-state index contributed by atoms with van der Waals surface area (Å²) >= 11 is 7.35. The number of para-hydroxylation sites is 1. The van der Waals surface area contributed by atoms with Crippen molar-refractivity contribution in [1.29, 1.82) is 0 Å². The van der Waals surface area contributed by atoms with Crippen molar-refractivity contribution in [3.63, 3.8) is 0 Å². The second kappa shape index (κ2) is 9.42. The highest BCUT2D eigenvalue weighted by Crippen LogP contribution is 2.21. The fourth-order valence-electron chi connectivity index (χ4n) is 3.40. The number of rotatable bonds is 7. The molecule has 0 bridgehead atoms. The molecule has 4 aromatic rings. The van der Waals surface area contributed by atoms with Gasteiger partial charge in [0.05, 0.1) is 29.4 Å². The number of aromatic nitrogens is 2.